The van der Waals surface area contributed by atoms with Gasteiger partial charge in [0.2, 0.25) is 0 Å². The zero-order valence-corrected chi connectivity index (χ0v) is 10.7. The summed E-state index contributed by atoms with van der Waals surface area (Å²) in [4.78, 5) is 2.42. The summed E-state index contributed by atoms with van der Waals surface area (Å²) in [5.41, 5.74) is 8.33. The molecule has 2 N–H and O–H groups in total. The molecule has 0 amide bonds. The summed E-state index contributed by atoms with van der Waals surface area (Å²) in [7, 11) is 0. The number of para-hydroxylation sites is 1. The van der Waals surface area contributed by atoms with Gasteiger partial charge in [-0.2, -0.15) is 0 Å². The van der Waals surface area contributed by atoms with Crippen LogP contribution in [0, 0.1) is 0 Å². The lowest BCUT2D eigenvalue weighted by Crippen LogP contribution is -2.45. The Bertz CT molecular complexity index is 357. The molecule has 1 saturated heterocycles. The lowest BCUT2D eigenvalue weighted by Gasteiger charge is -2.37. The van der Waals surface area contributed by atoms with E-state index in [1.165, 1.54) is 11.3 Å². The van der Waals surface area contributed by atoms with Crippen LogP contribution in [0.25, 0.3) is 0 Å². The molecule has 1 aromatic rings. The minimum Gasteiger partial charge on any atom is -0.372 e. The van der Waals surface area contributed by atoms with Crippen LogP contribution in [0.2, 0.25) is 0 Å². The van der Waals surface area contributed by atoms with Crippen LogP contribution in [0.3, 0.4) is 0 Å². The highest BCUT2D eigenvalue weighted by Crippen LogP contribution is 2.24. The number of anilines is 1. The second kappa shape index (κ2) is 5.52. The van der Waals surface area contributed by atoms with Gasteiger partial charge in [-0.3, -0.25) is 0 Å². The van der Waals surface area contributed by atoms with E-state index in [0.29, 0.717) is 18.8 Å². The Hall–Kier alpha value is -1.06. The SMILES string of the molecule is CC1CN(c2ccccc2CCN)CC(C)O1. The largest absolute Gasteiger partial charge is 0.372 e. The van der Waals surface area contributed by atoms with Gasteiger partial charge in [-0.25, -0.2) is 0 Å². The molecule has 1 heterocycles. The van der Waals surface area contributed by atoms with E-state index >= 15 is 0 Å². The number of nitrogens with zero attached hydrogens (tertiary/aromatic N) is 1. The maximum Gasteiger partial charge on any atom is 0.0726 e. The Morgan fingerprint density at radius 1 is 1.24 bits per heavy atom. The highest BCUT2D eigenvalue weighted by Gasteiger charge is 2.23. The predicted octanol–water partition coefficient (Wildman–Crippen LogP) is 1.80. The van der Waals surface area contributed by atoms with E-state index in [2.05, 4.69) is 43.0 Å². The minimum atomic E-state index is 0.296. The van der Waals surface area contributed by atoms with Crippen LogP contribution in [-0.4, -0.2) is 31.8 Å². The molecule has 0 bridgehead atoms. The van der Waals surface area contributed by atoms with E-state index < -0.39 is 0 Å². The van der Waals surface area contributed by atoms with Crippen molar-refractivity contribution >= 4 is 5.69 Å². The van der Waals surface area contributed by atoms with Crippen molar-refractivity contribution in [1.82, 2.24) is 0 Å². The number of hydrogen-bond acceptors (Lipinski definition) is 3. The van der Waals surface area contributed by atoms with E-state index in [1.807, 2.05) is 0 Å². The first-order valence-corrected chi connectivity index (χ1v) is 6.39. The maximum atomic E-state index is 5.77. The second-order valence-corrected chi connectivity index (χ2v) is 4.83. The number of ether oxygens (including phenoxy) is 1. The zero-order valence-electron chi connectivity index (χ0n) is 10.7. The molecule has 1 aliphatic rings. The van der Waals surface area contributed by atoms with Gasteiger partial charge >= 0.3 is 0 Å². The monoisotopic (exact) mass is 234 g/mol. The first kappa shape index (κ1) is 12.4. The van der Waals surface area contributed by atoms with Gasteiger partial charge in [0.25, 0.3) is 0 Å². The highest BCUT2D eigenvalue weighted by atomic mass is 16.5. The molecule has 0 saturated carbocycles. The Balaban J connectivity index is 2.20. The molecule has 0 aromatic heterocycles. The van der Waals surface area contributed by atoms with Crippen molar-refractivity contribution in [3.63, 3.8) is 0 Å². The van der Waals surface area contributed by atoms with Gasteiger partial charge in [-0.1, -0.05) is 18.2 Å². The Morgan fingerprint density at radius 2 is 1.88 bits per heavy atom. The van der Waals surface area contributed by atoms with E-state index in [-0.39, 0.29) is 0 Å². The molecular formula is C14H22N2O. The molecule has 2 atom stereocenters. The molecule has 0 radical (unpaired) electrons. The lowest BCUT2D eigenvalue weighted by atomic mass is 10.1. The smallest absolute Gasteiger partial charge is 0.0726 e. The van der Waals surface area contributed by atoms with Gasteiger partial charge in [0.05, 0.1) is 12.2 Å². The topological polar surface area (TPSA) is 38.5 Å². The predicted molar refractivity (Wildman–Crippen MR) is 71.4 cm³/mol. The van der Waals surface area contributed by atoms with Crippen LogP contribution in [0.1, 0.15) is 19.4 Å². The average Bonchev–Trinajstić information content (AvgIpc) is 2.29. The first-order chi connectivity index (χ1) is 8.20. The fourth-order valence-corrected chi connectivity index (χ4v) is 2.56. The van der Waals surface area contributed by atoms with Crippen molar-refractivity contribution in [3.05, 3.63) is 29.8 Å². The van der Waals surface area contributed by atoms with E-state index in [0.717, 1.165) is 19.5 Å². The fourth-order valence-electron chi connectivity index (χ4n) is 2.56. The summed E-state index contributed by atoms with van der Waals surface area (Å²) in [6.07, 6.45) is 1.53. The number of rotatable bonds is 3. The Morgan fingerprint density at radius 3 is 2.53 bits per heavy atom. The molecule has 2 unspecified atom stereocenters. The van der Waals surface area contributed by atoms with Gasteiger partial charge < -0.3 is 15.4 Å². The third kappa shape index (κ3) is 2.99. The van der Waals surface area contributed by atoms with Crippen LogP contribution >= 0.6 is 0 Å². The Labute approximate surface area is 104 Å². The van der Waals surface area contributed by atoms with Gasteiger partial charge in [0.1, 0.15) is 0 Å². The first-order valence-electron chi connectivity index (χ1n) is 6.39. The molecule has 17 heavy (non-hydrogen) atoms. The quantitative estimate of drug-likeness (QED) is 0.866. The lowest BCUT2D eigenvalue weighted by molar-refractivity contribution is -0.00525. The van der Waals surface area contributed by atoms with Gasteiger partial charge in [-0.15, -0.1) is 0 Å². The summed E-state index contributed by atoms with van der Waals surface area (Å²) in [5.74, 6) is 0. The number of nitrogens with two attached hydrogens (primary N) is 1. The second-order valence-electron chi connectivity index (χ2n) is 4.83. The van der Waals surface area contributed by atoms with Crippen LogP contribution in [0.4, 0.5) is 5.69 Å². The third-order valence-corrected chi connectivity index (χ3v) is 3.17. The van der Waals surface area contributed by atoms with E-state index in [1.54, 1.807) is 0 Å². The summed E-state index contributed by atoms with van der Waals surface area (Å²) in [6.45, 7) is 6.90. The minimum absolute atomic E-state index is 0.296. The summed E-state index contributed by atoms with van der Waals surface area (Å²) >= 11 is 0. The third-order valence-electron chi connectivity index (χ3n) is 3.17. The van der Waals surface area contributed by atoms with Crippen molar-refractivity contribution in [1.29, 1.82) is 0 Å². The highest BCUT2D eigenvalue weighted by molar-refractivity contribution is 5.54. The molecule has 3 nitrogen and oxygen atoms in total. The molecule has 3 heteroatoms. The number of hydrogen-bond donors (Lipinski definition) is 1. The summed E-state index contributed by atoms with van der Waals surface area (Å²) < 4.78 is 5.77. The number of morpholine rings is 1. The molecule has 94 valence electrons. The van der Waals surface area contributed by atoms with E-state index in [9.17, 15) is 0 Å². The fraction of sp³-hybridized carbons (Fsp3) is 0.571. The van der Waals surface area contributed by atoms with Gasteiger partial charge in [0, 0.05) is 18.8 Å². The van der Waals surface area contributed by atoms with Crippen LogP contribution in [0.15, 0.2) is 24.3 Å². The molecule has 1 fully saturated rings. The van der Waals surface area contributed by atoms with Gasteiger partial charge in [-0.05, 0) is 38.4 Å². The van der Waals surface area contributed by atoms with Crippen molar-refractivity contribution in [3.8, 4) is 0 Å². The Kier molecular flexibility index (Phi) is 4.02. The molecule has 1 aliphatic heterocycles. The standard InChI is InChI=1S/C14H22N2O/c1-11-9-16(10-12(2)17-11)14-6-4-3-5-13(14)7-8-15/h3-6,11-12H,7-10,15H2,1-2H3. The molecule has 0 spiro atoms. The van der Waals surface area contributed by atoms with Crippen molar-refractivity contribution in [2.75, 3.05) is 24.5 Å². The summed E-state index contributed by atoms with van der Waals surface area (Å²) in [6, 6.07) is 8.55. The summed E-state index contributed by atoms with van der Waals surface area (Å²) in [5, 5.41) is 0. The van der Waals surface area contributed by atoms with Crippen LogP contribution in [0.5, 0.6) is 0 Å². The molecular weight excluding hydrogens is 212 g/mol. The zero-order chi connectivity index (χ0) is 12.3. The maximum absolute atomic E-state index is 5.77. The molecule has 0 aliphatic carbocycles. The van der Waals surface area contributed by atoms with Crippen LogP contribution in [-0.2, 0) is 11.2 Å². The van der Waals surface area contributed by atoms with Crippen molar-refractivity contribution in [2.24, 2.45) is 5.73 Å². The average molecular weight is 234 g/mol. The molecule has 2 rings (SSSR count). The van der Waals surface area contributed by atoms with Crippen molar-refractivity contribution < 1.29 is 4.74 Å². The van der Waals surface area contributed by atoms with Gasteiger partial charge in [0.15, 0.2) is 0 Å². The van der Waals surface area contributed by atoms with E-state index in [4.69, 9.17) is 10.5 Å². The normalized spacial score (nSPS) is 25.0. The van der Waals surface area contributed by atoms with Crippen molar-refractivity contribution in [2.45, 2.75) is 32.5 Å². The molecule has 1 aromatic carbocycles. The number of benzene rings is 1. The van der Waals surface area contributed by atoms with Crippen LogP contribution < -0.4 is 10.6 Å².